The highest BCUT2D eigenvalue weighted by molar-refractivity contribution is 6.01. The molecule has 2 aromatic carbocycles. The molecule has 2 fully saturated rings. The number of H-pyrrole nitrogens is 2. The molecule has 4 aromatic rings. The third-order valence-corrected chi connectivity index (χ3v) is 9.26. The SMILES string of the molecule is Cl.NC[C@H]1CC[C@H](C(=O)N(c2ccc(-c3cc(=O)[nH][nH]3)cc2)[C@@H](Cc2ccc(-c3ccc(N4CCOCC4)nc3)cc2)C(N)=O)CC1. The average Bonchev–Trinajstić information content (AvgIpc) is 3.55. The predicted molar refractivity (Wildman–Crippen MR) is 185 cm³/mol. The minimum atomic E-state index is -0.891. The number of aromatic nitrogens is 3. The molecule has 0 unspecified atom stereocenters. The van der Waals surface area contributed by atoms with Crippen molar-refractivity contribution < 1.29 is 14.3 Å². The molecule has 0 bridgehead atoms. The van der Waals surface area contributed by atoms with Crippen molar-refractivity contribution in [3.8, 4) is 22.4 Å². The van der Waals surface area contributed by atoms with E-state index in [0.717, 1.165) is 66.8 Å². The Bertz CT molecular complexity index is 1670. The smallest absolute Gasteiger partial charge is 0.264 e. The lowest BCUT2D eigenvalue weighted by Crippen LogP contribution is -2.52. The number of anilines is 2. The van der Waals surface area contributed by atoms with Gasteiger partial charge < -0.3 is 21.1 Å². The van der Waals surface area contributed by atoms with Gasteiger partial charge in [-0.2, -0.15) is 0 Å². The number of carbonyl (C=O) groups is 2. The molecule has 3 heterocycles. The quantitative estimate of drug-likeness (QED) is 0.201. The highest BCUT2D eigenvalue weighted by Gasteiger charge is 2.36. The van der Waals surface area contributed by atoms with Gasteiger partial charge in [-0.3, -0.25) is 29.5 Å². The zero-order valence-electron chi connectivity index (χ0n) is 26.3. The fourth-order valence-electron chi connectivity index (χ4n) is 6.50. The van der Waals surface area contributed by atoms with Crippen molar-refractivity contribution in [3.63, 3.8) is 0 Å². The molecule has 6 rings (SSSR count). The molecular weight excluding hydrogens is 618 g/mol. The number of aromatic amines is 2. The molecule has 1 aliphatic carbocycles. The molecule has 11 nitrogen and oxygen atoms in total. The van der Waals surface area contributed by atoms with Crippen LogP contribution in [-0.2, 0) is 20.7 Å². The maximum absolute atomic E-state index is 14.2. The van der Waals surface area contributed by atoms with Gasteiger partial charge in [0.2, 0.25) is 11.8 Å². The van der Waals surface area contributed by atoms with Gasteiger partial charge in [-0.25, -0.2) is 4.98 Å². The van der Waals surface area contributed by atoms with Gasteiger partial charge in [0, 0.05) is 48.9 Å². The molecule has 12 heteroatoms. The number of ether oxygens (including phenoxy) is 1. The maximum atomic E-state index is 14.2. The van der Waals surface area contributed by atoms with Gasteiger partial charge in [-0.05, 0) is 79.1 Å². The van der Waals surface area contributed by atoms with Crippen molar-refractivity contribution in [1.29, 1.82) is 0 Å². The van der Waals surface area contributed by atoms with Gasteiger partial charge in [-0.1, -0.05) is 36.4 Å². The average molecular weight is 660 g/mol. The normalized spacial score (nSPS) is 18.6. The molecule has 2 amide bonds. The van der Waals surface area contributed by atoms with Gasteiger partial charge in [0.25, 0.3) is 5.56 Å². The lowest BCUT2D eigenvalue weighted by molar-refractivity contribution is -0.127. The summed E-state index contributed by atoms with van der Waals surface area (Å²) in [4.78, 5) is 47.4. The van der Waals surface area contributed by atoms with E-state index in [4.69, 9.17) is 16.2 Å². The van der Waals surface area contributed by atoms with Crippen molar-refractivity contribution in [2.45, 2.75) is 38.1 Å². The Labute approximate surface area is 280 Å². The van der Waals surface area contributed by atoms with E-state index < -0.39 is 11.9 Å². The predicted octanol–water partition coefficient (Wildman–Crippen LogP) is 3.89. The molecule has 0 radical (unpaired) electrons. The van der Waals surface area contributed by atoms with Crippen molar-refractivity contribution >= 4 is 35.7 Å². The number of halogens is 1. The number of rotatable bonds is 10. The van der Waals surface area contributed by atoms with Gasteiger partial charge in [0.15, 0.2) is 0 Å². The first-order valence-electron chi connectivity index (χ1n) is 16.0. The molecule has 1 aliphatic heterocycles. The summed E-state index contributed by atoms with van der Waals surface area (Å²) >= 11 is 0. The van der Waals surface area contributed by atoms with E-state index in [1.54, 1.807) is 17.0 Å². The summed E-state index contributed by atoms with van der Waals surface area (Å²) in [6, 6.07) is 19.9. The van der Waals surface area contributed by atoms with Crippen LogP contribution < -0.4 is 26.8 Å². The number of benzene rings is 2. The second-order valence-corrected chi connectivity index (χ2v) is 12.2. The van der Waals surface area contributed by atoms with E-state index >= 15 is 0 Å². The summed E-state index contributed by atoms with van der Waals surface area (Å²) in [6.45, 7) is 3.68. The minimum absolute atomic E-state index is 0. The summed E-state index contributed by atoms with van der Waals surface area (Å²) in [5.74, 6) is 0.445. The Hall–Kier alpha value is -4.45. The minimum Gasteiger partial charge on any atom is -0.378 e. The number of nitrogens with one attached hydrogen (secondary N) is 2. The lowest BCUT2D eigenvalue weighted by Gasteiger charge is -2.35. The first kappa shape index (κ1) is 33.9. The number of primary amides is 1. The zero-order chi connectivity index (χ0) is 32.0. The summed E-state index contributed by atoms with van der Waals surface area (Å²) in [7, 11) is 0. The molecule has 248 valence electrons. The van der Waals surface area contributed by atoms with Crippen LogP contribution >= 0.6 is 12.4 Å². The topological polar surface area (TPSA) is 163 Å². The molecule has 1 saturated heterocycles. The lowest BCUT2D eigenvalue weighted by atomic mass is 9.81. The van der Waals surface area contributed by atoms with Crippen LogP contribution in [0.15, 0.2) is 77.7 Å². The van der Waals surface area contributed by atoms with Crippen molar-refractivity contribution in [2.24, 2.45) is 23.3 Å². The fourth-order valence-corrected chi connectivity index (χ4v) is 6.50. The number of nitrogens with zero attached hydrogens (tertiary/aromatic N) is 3. The van der Waals surface area contributed by atoms with E-state index in [0.29, 0.717) is 37.1 Å². The molecule has 2 aliphatic rings. The zero-order valence-corrected chi connectivity index (χ0v) is 27.1. The Balaban J connectivity index is 0.00000433. The molecule has 2 aromatic heterocycles. The van der Waals surface area contributed by atoms with E-state index in [-0.39, 0.29) is 36.2 Å². The fraction of sp³-hybridized carbons (Fsp3) is 0.371. The monoisotopic (exact) mass is 659 g/mol. The van der Waals surface area contributed by atoms with Crippen LogP contribution in [0.3, 0.4) is 0 Å². The number of nitrogens with two attached hydrogens (primary N) is 2. The van der Waals surface area contributed by atoms with Crippen molar-refractivity contribution in [2.75, 3.05) is 42.6 Å². The molecule has 1 saturated carbocycles. The van der Waals surface area contributed by atoms with E-state index in [9.17, 15) is 14.4 Å². The third kappa shape index (κ3) is 7.93. The first-order chi connectivity index (χ1) is 22.4. The van der Waals surface area contributed by atoms with Crippen molar-refractivity contribution in [1.82, 2.24) is 15.2 Å². The van der Waals surface area contributed by atoms with Gasteiger partial charge in [-0.15, -0.1) is 12.4 Å². The van der Waals surface area contributed by atoms with Crippen LogP contribution in [0, 0.1) is 11.8 Å². The molecule has 0 spiro atoms. The van der Waals surface area contributed by atoms with Gasteiger partial charge >= 0.3 is 0 Å². The number of morpholine rings is 1. The summed E-state index contributed by atoms with van der Waals surface area (Å²) in [5, 5.41) is 5.39. The number of hydrogen-bond acceptors (Lipinski definition) is 7. The largest absolute Gasteiger partial charge is 0.378 e. The summed E-state index contributed by atoms with van der Waals surface area (Å²) in [6.07, 6.45) is 5.34. The maximum Gasteiger partial charge on any atom is 0.264 e. The van der Waals surface area contributed by atoms with Gasteiger partial charge in [0.05, 0.1) is 18.9 Å². The Kier molecular flexibility index (Phi) is 11.1. The van der Waals surface area contributed by atoms with Crippen LogP contribution in [0.1, 0.15) is 31.2 Å². The highest BCUT2D eigenvalue weighted by atomic mass is 35.5. The summed E-state index contributed by atoms with van der Waals surface area (Å²) < 4.78 is 5.45. The van der Waals surface area contributed by atoms with Crippen LogP contribution in [0.5, 0.6) is 0 Å². The number of amides is 2. The number of pyridine rings is 1. The number of carbonyl (C=O) groups excluding carboxylic acids is 2. The van der Waals surface area contributed by atoms with Crippen LogP contribution in [0.25, 0.3) is 22.4 Å². The summed E-state index contributed by atoms with van der Waals surface area (Å²) in [5.41, 5.74) is 16.6. The van der Waals surface area contributed by atoms with Crippen LogP contribution in [0.2, 0.25) is 0 Å². The second kappa shape index (κ2) is 15.4. The first-order valence-corrected chi connectivity index (χ1v) is 16.0. The Morgan fingerprint density at radius 3 is 2.15 bits per heavy atom. The van der Waals surface area contributed by atoms with Crippen molar-refractivity contribution in [3.05, 3.63) is 88.8 Å². The number of hydrogen-bond donors (Lipinski definition) is 4. The third-order valence-electron chi connectivity index (χ3n) is 9.26. The molecular formula is C35H42ClN7O4. The highest BCUT2D eigenvalue weighted by Crippen LogP contribution is 2.33. The van der Waals surface area contributed by atoms with E-state index in [1.165, 1.54) is 6.07 Å². The molecule has 6 N–H and O–H groups in total. The van der Waals surface area contributed by atoms with E-state index in [2.05, 4.69) is 26.1 Å². The van der Waals surface area contributed by atoms with Crippen LogP contribution in [0.4, 0.5) is 11.5 Å². The van der Waals surface area contributed by atoms with Crippen LogP contribution in [-0.4, -0.2) is 65.9 Å². The standard InChI is InChI=1S/C35H41N7O4.ClH/c36-21-24-3-7-27(8-4-24)35(45)42(29-12-9-26(10-13-29)30-20-33(43)40-39-30)31(34(37)44)19-23-1-5-25(6-2-23)28-11-14-32(38-22-28)41-15-17-46-18-16-41;/h1-2,5-6,9-14,20,22,24,27,31H,3-4,7-8,15-19,21,36H2,(H2,37,44)(H2,39,40,43);1H/t24-,27-,31-;/m0./s1. The van der Waals surface area contributed by atoms with Gasteiger partial charge in [0.1, 0.15) is 11.9 Å². The van der Waals surface area contributed by atoms with E-state index in [1.807, 2.05) is 48.7 Å². The molecule has 1 atom stereocenters. The second-order valence-electron chi connectivity index (χ2n) is 12.2. The molecule has 47 heavy (non-hydrogen) atoms. The Morgan fingerprint density at radius 1 is 0.915 bits per heavy atom. The Morgan fingerprint density at radius 2 is 1.57 bits per heavy atom.